The molecule has 0 saturated carbocycles. The van der Waals surface area contributed by atoms with E-state index in [4.69, 9.17) is 5.11 Å². The molecule has 0 bridgehead atoms. The van der Waals surface area contributed by atoms with E-state index in [1.54, 1.807) is 0 Å². The van der Waals surface area contributed by atoms with E-state index in [1.807, 2.05) is 0 Å². The molecule has 74 valence electrons. The van der Waals surface area contributed by atoms with Gasteiger partial charge in [-0.15, -0.1) is 0 Å². The third kappa shape index (κ3) is 0.997. The van der Waals surface area contributed by atoms with Gasteiger partial charge in [0.2, 0.25) is 0 Å². The fourth-order valence-corrected chi connectivity index (χ4v) is 1.47. The summed E-state index contributed by atoms with van der Waals surface area (Å²) in [5.41, 5.74) is 1.17. The van der Waals surface area contributed by atoms with E-state index >= 15 is 0 Å². The highest BCUT2D eigenvalue weighted by Gasteiger charge is 2.11. The number of hydrogen-bond acceptors (Lipinski definition) is 4. The second-order valence-electron chi connectivity index (χ2n) is 3.02. The fraction of sp³-hybridized carbons (Fsp3) is 0. The van der Waals surface area contributed by atoms with Crippen LogP contribution in [0, 0.1) is 0 Å². The molecule has 0 aliphatic heterocycles. The van der Waals surface area contributed by atoms with Crippen LogP contribution in [0.3, 0.4) is 0 Å². The van der Waals surface area contributed by atoms with E-state index in [9.17, 15) is 4.79 Å². The molecule has 0 atom stereocenters. The summed E-state index contributed by atoms with van der Waals surface area (Å²) in [4.78, 5) is 21.5. The number of nitrogens with one attached hydrogen (secondary N) is 1. The molecule has 15 heavy (non-hydrogen) atoms. The summed E-state index contributed by atoms with van der Waals surface area (Å²) in [5, 5.41) is 13.4. The summed E-state index contributed by atoms with van der Waals surface area (Å²) in [6, 6.07) is 1.49. The molecule has 3 rings (SSSR count). The maximum absolute atomic E-state index is 10.7. The Balaban J connectivity index is 2.46. The first-order chi connectivity index (χ1) is 7.25. The second-order valence-corrected chi connectivity index (χ2v) is 3.02. The number of nitrogens with zero attached hydrogens (tertiary/aromatic N) is 4. The van der Waals surface area contributed by atoms with Crippen molar-refractivity contribution in [1.82, 2.24) is 24.6 Å². The summed E-state index contributed by atoms with van der Waals surface area (Å²) in [7, 11) is 0. The predicted molar refractivity (Wildman–Crippen MR) is 49.6 cm³/mol. The van der Waals surface area contributed by atoms with Crippen molar-refractivity contribution in [2.75, 3.05) is 0 Å². The molecule has 0 fully saturated rings. The first-order valence-corrected chi connectivity index (χ1v) is 4.16. The molecule has 3 aromatic heterocycles. The van der Waals surface area contributed by atoms with Gasteiger partial charge in [-0.1, -0.05) is 0 Å². The standard InChI is InChI=1S/C8H5N5O2/c14-8(15)5-1-4-6(12-5)10-3-13-7(4)9-2-11-13/h1-3,12H,(H,14,15). The van der Waals surface area contributed by atoms with Crippen molar-refractivity contribution in [3.05, 3.63) is 24.4 Å². The van der Waals surface area contributed by atoms with Crippen LogP contribution < -0.4 is 0 Å². The summed E-state index contributed by atoms with van der Waals surface area (Å²) in [5.74, 6) is -1.02. The molecule has 0 saturated heterocycles. The number of carboxylic acids is 1. The maximum Gasteiger partial charge on any atom is 0.352 e. The second kappa shape index (κ2) is 2.53. The zero-order valence-corrected chi connectivity index (χ0v) is 7.38. The molecule has 7 nitrogen and oxygen atoms in total. The average Bonchev–Trinajstić information content (AvgIpc) is 2.82. The van der Waals surface area contributed by atoms with Crippen molar-refractivity contribution >= 4 is 22.6 Å². The van der Waals surface area contributed by atoms with Crippen molar-refractivity contribution in [3.63, 3.8) is 0 Å². The molecule has 3 heterocycles. The topological polar surface area (TPSA) is 96.2 Å². The average molecular weight is 203 g/mol. The summed E-state index contributed by atoms with van der Waals surface area (Å²) in [6.07, 6.45) is 2.87. The van der Waals surface area contributed by atoms with Gasteiger partial charge in [-0.25, -0.2) is 19.3 Å². The number of H-pyrrole nitrogens is 1. The Labute approximate surface area is 82.4 Å². The Morgan fingerprint density at radius 2 is 2.33 bits per heavy atom. The Morgan fingerprint density at radius 3 is 3.13 bits per heavy atom. The summed E-state index contributed by atoms with van der Waals surface area (Å²) in [6.45, 7) is 0. The minimum Gasteiger partial charge on any atom is -0.477 e. The van der Waals surface area contributed by atoms with Crippen LogP contribution in [0.1, 0.15) is 10.5 Å². The zero-order valence-electron chi connectivity index (χ0n) is 7.38. The third-order valence-corrected chi connectivity index (χ3v) is 2.14. The maximum atomic E-state index is 10.7. The number of aromatic nitrogens is 5. The van der Waals surface area contributed by atoms with Gasteiger partial charge in [-0.2, -0.15) is 5.10 Å². The normalized spacial score (nSPS) is 11.2. The Kier molecular flexibility index (Phi) is 1.34. The molecule has 0 radical (unpaired) electrons. The lowest BCUT2D eigenvalue weighted by atomic mass is 10.3. The van der Waals surface area contributed by atoms with Crippen LogP contribution in [0.2, 0.25) is 0 Å². The molecular weight excluding hydrogens is 198 g/mol. The quantitative estimate of drug-likeness (QED) is 0.593. The smallest absolute Gasteiger partial charge is 0.352 e. The van der Waals surface area contributed by atoms with E-state index in [0.717, 1.165) is 0 Å². The first kappa shape index (κ1) is 7.92. The van der Waals surface area contributed by atoms with Crippen LogP contribution in [0.5, 0.6) is 0 Å². The number of carboxylic acid groups (broad SMARTS) is 1. The van der Waals surface area contributed by atoms with Gasteiger partial charge >= 0.3 is 5.97 Å². The summed E-state index contributed by atoms with van der Waals surface area (Å²) < 4.78 is 1.49. The molecule has 0 amide bonds. The third-order valence-electron chi connectivity index (χ3n) is 2.14. The molecule has 0 aromatic carbocycles. The van der Waals surface area contributed by atoms with Crippen LogP contribution in [-0.2, 0) is 0 Å². The van der Waals surface area contributed by atoms with Crippen LogP contribution >= 0.6 is 0 Å². The molecule has 0 unspecified atom stereocenters. The van der Waals surface area contributed by atoms with Gasteiger partial charge in [-0.05, 0) is 6.07 Å². The summed E-state index contributed by atoms with van der Waals surface area (Å²) >= 11 is 0. The molecule has 0 aliphatic carbocycles. The first-order valence-electron chi connectivity index (χ1n) is 4.16. The van der Waals surface area contributed by atoms with Gasteiger partial charge in [-0.3, -0.25) is 0 Å². The van der Waals surface area contributed by atoms with Crippen LogP contribution in [0.15, 0.2) is 18.7 Å². The van der Waals surface area contributed by atoms with Gasteiger partial charge in [0.05, 0.1) is 5.39 Å². The number of aromatic amines is 1. The zero-order chi connectivity index (χ0) is 10.4. The SMILES string of the molecule is O=C(O)c1cc2c(ncn3ncnc23)[nH]1. The van der Waals surface area contributed by atoms with Crippen molar-refractivity contribution in [2.24, 2.45) is 0 Å². The Bertz CT molecular complexity index is 668. The monoisotopic (exact) mass is 203 g/mol. The van der Waals surface area contributed by atoms with Crippen molar-refractivity contribution in [3.8, 4) is 0 Å². The van der Waals surface area contributed by atoms with Crippen LogP contribution in [0.4, 0.5) is 0 Å². The van der Waals surface area contributed by atoms with E-state index in [2.05, 4.69) is 20.1 Å². The predicted octanol–water partition coefficient (Wildman–Crippen LogP) is 0.304. The fourth-order valence-electron chi connectivity index (χ4n) is 1.47. The minimum absolute atomic E-state index is 0.0913. The number of rotatable bonds is 1. The lowest BCUT2D eigenvalue weighted by Crippen LogP contribution is -1.95. The molecule has 0 spiro atoms. The Hall–Kier alpha value is -2.44. The van der Waals surface area contributed by atoms with Crippen molar-refractivity contribution < 1.29 is 9.90 Å². The molecule has 0 aliphatic rings. The van der Waals surface area contributed by atoms with E-state index in [1.165, 1.54) is 23.2 Å². The van der Waals surface area contributed by atoms with E-state index in [-0.39, 0.29) is 5.69 Å². The van der Waals surface area contributed by atoms with Gasteiger partial charge < -0.3 is 10.1 Å². The van der Waals surface area contributed by atoms with Crippen LogP contribution in [-0.4, -0.2) is 35.6 Å². The molecule has 3 aromatic rings. The van der Waals surface area contributed by atoms with Gasteiger partial charge in [0, 0.05) is 0 Å². The van der Waals surface area contributed by atoms with Gasteiger partial charge in [0.15, 0.2) is 5.65 Å². The van der Waals surface area contributed by atoms with Gasteiger partial charge in [0.1, 0.15) is 24.0 Å². The molecule has 7 heteroatoms. The highest BCUT2D eigenvalue weighted by Crippen LogP contribution is 2.16. The number of fused-ring (bicyclic) bond motifs is 3. The lowest BCUT2D eigenvalue weighted by Gasteiger charge is -1.90. The lowest BCUT2D eigenvalue weighted by molar-refractivity contribution is 0.0691. The minimum atomic E-state index is -1.02. The number of hydrogen-bond donors (Lipinski definition) is 2. The van der Waals surface area contributed by atoms with Crippen molar-refractivity contribution in [2.45, 2.75) is 0 Å². The largest absolute Gasteiger partial charge is 0.477 e. The highest BCUT2D eigenvalue weighted by atomic mass is 16.4. The molecule has 2 N–H and O–H groups in total. The molecular formula is C8H5N5O2. The number of aromatic carboxylic acids is 1. The van der Waals surface area contributed by atoms with Gasteiger partial charge in [0.25, 0.3) is 0 Å². The highest BCUT2D eigenvalue weighted by molar-refractivity contribution is 5.97. The number of carbonyl (C=O) groups is 1. The van der Waals surface area contributed by atoms with E-state index in [0.29, 0.717) is 16.7 Å². The van der Waals surface area contributed by atoms with E-state index < -0.39 is 5.97 Å². The van der Waals surface area contributed by atoms with Crippen molar-refractivity contribution in [1.29, 1.82) is 0 Å². The van der Waals surface area contributed by atoms with Crippen LogP contribution in [0.25, 0.3) is 16.7 Å². The Morgan fingerprint density at radius 1 is 1.47 bits per heavy atom.